The number of hydrogen-bond donors (Lipinski definition) is 1. The third-order valence-corrected chi connectivity index (χ3v) is 7.95. The van der Waals surface area contributed by atoms with Crippen LogP contribution in [0.15, 0.2) is 60.0 Å². The predicted molar refractivity (Wildman–Crippen MR) is 133 cm³/mol. The Labute approximate surface area is 197 Å². The number of aromatic nitrogens is 2. The second-order valence-electron chi connectivity index (χ2n) is 7.58. The fraction of sp³-hybridized carbons (Fsp3) is 0.273. The number of aryl methyl sites for hydroxylation is 1. The molecule has 0 bridgehead atoms. The highest BCUT2D eigenvalue weighted by Gasteiger charge is 2.25. The Morgan fingerprint density at radius 1 is 1.06 bits per heavy atom. The molecule has 4 rings (SSSR count). The van der Waals surface area contributed by atoms with Gasteiger partial charge in [-0.1, -0.05) is 59.4 Å². The monoisotopic (exact) mass is 487 g/mol. The Balaban J connectivity index is 1.33. The van der Waals surface area contributed by atoms with E-state index in [9.17, 15) is 8.42 Å². The molecule has 10 heteroatoms. The zero-order valence-electron chi connectivity index (χ0n) is 17.7. The van der Waals surface area contributed by atoms with E-state index in [2.05, 4.69) is 15.3 Å². The molecule has 2 heterocycles. The Hall–Kier alpha value is -2.37. The topological polar surface area (TPSA) is 70.5 Å². The van der Waals surface area contributed by atoms with E-state index in [1.165, 1.54) is 26.6 Å². The maximum Gasteiger partial charge on any atom is 0.236 e. The quantitative estimate of drug-likeness (QED) is 0.501. The molecule has 0 atom stereocenters. The number of rotatable bonds is 7. The van der Waals surface area contributed by atoms with Crippen LogP contribution < -0.4 is 5.32 Å². The molecule has 32 heavy (non-hydrogen) atoms. The van der Waals surface area contributed by atoms with Crippen molar-refractivity contribution in [1.29, 1.82) is 0 Å². The van der Waals surface area contributed by atoms with Crippen LogP contribution in [0.25, 0.3) is 6.08 Å². The molecule has 0 spiro atoms. The van der Waals surface area contributed by atoms with Crippen molar-refractivity contribution in [2.45, 2.75) is 13.6 Å². The lowest BCUT2D eigenvalue weighted by Gasteiger charge is -2.32. The summed E-state index contributed by atoms with van der Waals surface area (Å²) in [4.78, 5) is 2.16. The SMILES string of the molecule is Cc1ccc(Nc2nn(CN3CCN(S(=O)(=O)/C=C/c4ccccc4)CC3)c(=S)s2)cc1. The molecule has 1 aliphatic heterocycles. The van der Waals surface area contributed by atoms with Crippen LogP contribution in [0.1, 0.15) is 11.1 Å². The van der Waals surface area contributed by atoms with Gasteiger partial charge in [0.25, 0.3) is 0 Å². The Kier molecular flexibility index (Phi) is 7.17. The maximum absolute atomic E-state index is 12.7. The fourth-order valence-electron chi connectivity index (χ4n) is 3.34. The summed E-state index contributed by atoms with van der Waals surface area (Å²) in [5.74, 6) is 0. The molecular weight excluding hydrogens is 462 g/mol. The first-order chi connectivity index (χ1) is 15.4. The number of nitrogens with zero attached hydrogens (tertiary/aromatic N) is 4. The van der Waals surface area contributed by atoms with Gasteiger partial charge in [-0.25, -0.2) is 13.1 Å². The van der Waals surface area contributed by atoms with Crippen LogP contribution in [0.5, 0.6) is 0 Å². The highest BCUT2D eigenvalue weighted by molar-refractivity contribution is 7.92. The third-order valence-electron chi connectivity index (χ3n) is 5.17. The van der Waals surface area contributed by atoms with Gasteiger partial charge < -0.3 is 5.32 Å². The number of hydrogen-bond acceptors (Lipinski definition) is 7. The molecular formula is C22H25N5O2S3. The van der Waals surface area contributed by atoms with Crippen LogP contribution in [0, 0.1) is 10.9 Å². The third kappa shape index (κ3) is 5.90. The van der Waals surface area contributed by atoms with Crippen molar-refractivity contribution >= 4 is 50.5 Å². The first kappa shape index (κ1) is 22.8. The molecule has 1 saturated heterocycles. The number of benzene rings is 2. The summed E-state index contributed by atoms with van der Waals surface area (Å²) in [5, 5.41) is 9.91. The maximum atomic E-state index is 12.7. The minimum atomic E-state index is -3.44. The molecule has 3 aromatic rings. The molecule has 1 fully saturated rings. The van der Waals surface area contributed by atoms with E-state index >= 15 is 0 Å². The van der Waals surface area contributed by atoms with Crippen molar-refractivity contribution in [1.82, 2.24) is 19.0 Å². The van der Waals surface area contributed by atoms with E-state index < -0.39 is 10.0 Å². The second-order valence-corrected chi connectivity index (χ2v) is 11.0. The minimum Gasteiger partial charge on any atom is -0.330 e. The normalized spacial score (nSPS) is 15.9. The summed E-state index contributed by atoms with van der Waals surface area (Å²) < 4.78 is 29.3. The van der Waals surface area contributed by atoms with E-state index in [4.69, 9.17) is 12.2 Å². The molecule has 1 aromatic heterocycles. The first-order valence-electron chi connectivity index (χ1n) is 10.3. The Morgan fingerprint density at radius 2 is 1.75 bits per heavy atom. The van der Waals surface area contributed by atoms with Gasteiger partial charge in [-0.15, -0.1) is 5.10 Å². The van der Waals surface area contributed by atoms with Crippen LogP contribution >= 0.6 is 23.6 Å². The van der Waals surface area contributed by atoms with Crippen LogP contribution in [0.4, 0.5) is 10.8 Å². The summed E-state index contributed by atoms with van der Waals surface area (Å²) in [5.41, 5.74) is 3.03. The van der Waals surface area contributed by atoms with E-state index in [0.717, 1.165) is 16.4 Å². The molecule has 0 saturated carbocycles. The van der Waals surface area contributed by atoms with Crippen LogP contribution in [-0.2, 0) is 16.7 Å². The molecule has 2 aromatic carbocycles. The Bertz CT molecular complexity index is 1230. The van der Waals surface area contributed by atoms with Crippen molar-refractivity contribution in [2.75, 3.05) is 31.5 Å². The van der Waals surface area contributed by atoms with Crippen molar-refractivity contribution in [3.05, 3.63) is 75.1 Å². The zero-order valence-corrected chi connectivity index (χ0v) is 20.2. The summed E-state index contributed by atoms with van der Waals surface area (Å²) in [7, 11) is -3.44. The zero-order chi connectivity index (χ0) is 22.6. The second kappa shape index (κ2) is 10.1. The molecule has 0 amide bonds. The van der Waals surface area contributed by atoms with Crippen molar-refractivity contribution in [3.8, 4) is 0 Å². The Morgan fingerprint density at radius 3 is 2.44 bits per heavy atom. The summed E-state index contributed by atoms with van der Waals surface area (Å²) >= 11 is 6.90. The van der Waals surface area contributed by atoms with Crippen LogP contribution in [0.2, 0.25) is 0 Å². The molecule has 1 N–H and O–H groups in total. The van der Waals surface area contributed by atoms with Gasteiger partial charge in [0.15, 0.2) is 3.95 Å². The lowest BCUT2D eigenvalue weighted by Crippen LogP contribution is -2.48. The molecule has 0 aliphatic carbocycles. The molecule has 7 nitrogen and oxygen atoms in total. The predicted octanol–water partition coefficient (Wildman–Crippen LogP) is 4.30. The summed E-state index contributed by atoms with van der Waals surface area (Å²) in [6.45, 7) is 4.71. The number of sulfonamides is 1. The van der Waals surface area contributed by atoms with E-state index in [1.807, 2.05) is 61.5 Å². The standard InChI is InChI=1S/C22H25N5O2S3/c1-18-7-9-20(10-8-18)23-21-24-27(22(30)31-21)17-25-12-14-26(15-13-25)32(28,29)16-11-19-5-3-2-4-6-19/h2-11,16H,12-15,17H2,1H3,(H,23,24)/b16-11+. The van der Waals surface area contributed by atoms with Gasteiger partial charge >= 0.3 is 0 Å². The molecule has 0 unspecified atom stereocenters. The van der Waals surface area contributed by atoms with Crippen LogP contribution in [0.3, 0.4) is 0 Å². The largest absolute Gasteiger partial charge is 0.330 e. The van der Waals surface area contributed by atoms with Crippen molar-refractivity contribution in [3.63, 3.8) is 0 Å². The summed E-state index contributed by atoms with van der Waals surface area (Å²) in [6.07, 6.45) is 1.64. The average molecular weight is 488 g/mol. The minimum absolute atomic E-state index is 0.438. The first-order valence-corrected chi connectivity index (χ1v) is 13.0. The lowest BCUT2D eigenvalue weighted by molar-refractivity contribution is 0.146. The van der Waals surface area contributed by atoms with Crippen molar-refractivity contribution in [2.24, 2.45) is 0 Å². The number of piperazine rings is 1. The van der Waals surface area contributed by atoms with Crippen LogP contribution in [-0.4, -0.2) is 53.6 Å². The van der Waals surface area contributed by atoms with Crippen molar-refractivity contribution < 1.29 is 8.42 Å². The number of nitrogens with one attached hydrogen (secondary N) is 1. The van der Waals surface area contributed by atoms with Gasteiger partial charge in [0.1, 0.15) is 0 Å². The van der Waals surface area contributed by atoms with E-state index in [1.54, 1.807) is 10.8 Å². The van der Waals surface area contributed by atoms with Gasteiger partial charge in [0.2, 0.25) is 15.2 Å². The smallest absolute Gasteiger partial charge is 0.236 e. The lowest BCUT2D eigenvalue weighted by atomic mass is 10.2. The van der Waals surface area contributed by atoms with Gasteiger partial charge in [-0.05, 0) is 42.9 Å². The van der Waals surface area contributed by atoms with E-state index in [-0.39, 0.29) is 0 Å². The van der Waals surface area contributed by atoms with E-state index in [0.29, 0.717) is 36.8 Å². The number of anilines is 2. The summed E-state index contributed by atoms with van der Waals surface area (Å²) in [6, 6.07) is 17.5. The fourth-order valence-corrected chi connectivity index (χ4v) is 5.52. The van der Waals surface area contributed by atoms with Gasteiger partial charge in [0, 0.05) is 37.3 Å². The molecule has 1 aliphatic rings. The van der Waals surface area contributed by atoms with Gasteiger partial charge in [-0.2, -0.15) is 4.31 Å². The molecule has 168 valence electrons. The van der Waals surface area contributed by atoms with Gasteiger partial charge in [-0.3, -0.25) is 4.90 Å². The average Bonchev–Trinajstić information content (AvgIpc) is 3.13. The highest BCUT2D eigenvalue weighted by Crippen LogP contribution is 2.21. The van der Waals surface area contributed by atoms with Gasteiger partial charge in [0.05, 0.1) is 6.67 Å². The molecule has 0 radical (unpaired) electrons. The highest BCUT2D eigenvalue weighted by atomic mass is 32.2.